The van der Waals surface area contributed by atoms with Gasteiger partial charge in [0.15, 0.2) is 0 Å². The highest BCUT2D eigenvalue weighted by Gasteiger charge is 2.22. The molecule has 0 aliphatic rings. The van der Waals surface area contributed by atoms with Crippen molar-refractivity contribution in [3.05, 3.63) is 47.5 Å². The molecule has 0 aliphatic heterocycles. The van der Waals surface area contributed by atoms with Crippen molar-refractivity contribution in [3.8, 4) is 45.6 Å². The molecular formula is C24H22O6. The van der Waals surface area contributed by atoms with Gasteiger partial charge < -0.3 is 29.9 Å². The van der Waals surface area contributed by atoms with Gasteiger partial charge in [0.2, 0.25) is 0 Å². The van der Waals surface area contributed by atoms with Crippen LogP contribution in [0.4, 0.5) is 0 Å². The molecule has 0 unspecified atom stereocenters. The van der Waals surface area contributed by atoms with Crippen LogP contribution in [0.1, 0.15) is 11.1 Å². The van der Waals surface area contributed by atoms with Gasteiger partial charge in [-0.25, -0.2) is 0 Å². The first-order chi connectivity index (χ1) is 14.3. The highest BCUT2D eigenvalue weighted by molar-refractivity contribution is 6.07. The molecule has 4 aromatic rings. The maximum absolute atomic E-state index is 11.1. The first kappa shape index (κ1) is 19.5. The zero-order valence-electron chi connectivity index (χ0n) is 17.1. The molecule has 0 saturated heterocycles. The Morgan fingerprint density at radius 1 is 0.567 bits per heavy atom. The Bertz CT molecular complexity index is 1220. The molecule has 4 N–H and O–H groups in total. The molecule has 0 fully saturated rings. The van der Waals surface area contributed by atoms with Gasteiger partial charge in [-0.1, -0.05) is 0 Å². The average molecular weight is 406 g/mol. The SMILES string of the molecule is COc1cc(-c2cc(OC)c3c(O)cc(C)cc3c2O)c(O)c2cc(C)cc(O)c12. The van der Waals surface area contributed by atoms with Gasteiger partial charge in [-0.3, -0.25) is 0 Å². The zero-order chi connectivity index (χ0) is 21.7. The quantitative estimate of drug-likeness (QED) is 0.377. The molecule has 4 rings (SSSR count). The minimum absolute atomic E-state index is 0.00967. The van der Waals surface area contributed by atoms with Crippen LogP contribution < -0.4 is 9.47 Å². The Balaban J connectivity index is 2.15. The number of rotatable bonds is 3. The van der Waals surface area contributed by atoms with Crippen LogP contribution in [0, 0.1) is 13.8 Å². The summed E-state index contributed by atoms with van der Waals surface area (Å²) in [6.07, 6.45) is 0. The van der Waals surface area contributed by atoms with E-state index in [9.17, 15) is 20.4 Å². The molecule has 0 heterocycles. The van der Waals surface area contributed by atoms with E-state index < -0.39 is 0 Å². The minimum Gasteiger partial charge on any atom is -0.507 e. The van der Waals surface area contributed by atoms with Crippen LogP contribution in [0.25, 0.3) is 32.7 Å². The summed E-state index contributed by atoms with van der Waals surface area (Å²) in [5.41, 5.74) is 2.14. The van der Waals surface area contributed by atoms with Crippen molar-refractivity contribution in [2.24, 2.45) is 0 Å². The van der Waals surface area contributed by atoms with Gasteiger partial charge in [-0.15, -0.1) is 0 Å². The van der Waals surface area contributed by atoms with Gasteiger partial charge in [0.1, 0.15) is 34.5 Å². The van der Waals surface area contributed by atoms with E-state index in [-0.39, 0.29) is 23.0 Å². The third-order valence-electron chi connectivity index (χ3n) is 5.32. The van der Waals surface area contributed by atoms with Crippen LogP contribution in [0.3, 0.4) is 0 Å². The van der Waals surface area contributed by atoms with E-state index in [1.807, 2.05) is 0 Å². The monoisotopic (exact) mass is 406 g/mol. The second-order valence-electron chi connectivity index (χ2n) is 7.36. The molecule has 0 spiro atoms. The van der Waals surface area contributed by atoms with Crippen LogP contribution in [-0.2, 0) is 0 Å². The summed E-state index contributed by atoms with van der Waals surface area (Å²) >= 11 is 0. The topological polar surface area (TPSA) is 99.4 Å². The Morgan fingerprint density at radius 2 is 0.933 bits per heavy atom. The number of benzene rings is 4. The summed E-state index contributed by atoms with van der Waals surface area (Å²) in [5.74, 6) is 0.451. The van der Waals surface area contributed by atoms with Gasteiger partial charge in [-0.05, 0) is 61.4 Å². The molecule has 0 atom stereocenters. The third kappa shape index (κ3) is 2.80. The first-order valence-electron chi connectivity index (χ1n) is 9.33. The fraction of sp³-hybridized carbons (Fsp3) is 0.167. The lowest BCUT2D eigenvalue weighted by molar-refractivity contribution is 0.413. The predicted octanol–water partition coefficient (Wildman–Crippen LogP) is 5.12. The van der Waals surface area contributed by atoms with Gasteiger partial charge in [-0.2, -0.15) is 0 Å². The molecule has 0 saturated carbocycles. The third-order valence-corrected chi connectivity index (χ3v) is 5.32. The molecular weight excluding hydrogens is 384 g/mol. The van der Waals surface area contributed by atoms with Crippen molar-refractivity contribution >= 4 is 21.5 Å². The molecule has 6 nitrogen and oxygen atoms in total. The van der Waals surface area contributed by atoms with Crippen molar-refractivity contribution in [2.45, 2.75) is 13.8 Å². The molecule has 0 radical (unpaired) electrons. The number of fused-ring (bicyclic) bond motifs is 2. The van der Waals surface area contributed by atoms with E-state index in [4.69, 9.17) is 9.47 Å². The number of methoxy groups -OCH3 is 2. The number of hydrogen-bond donors (Lipinski definition) is 4. The highest BCUT2D eigenvalue weighted by atomic mass is 16.5. The van der Waals surface area contributed by atoms with Crippen molar-refractivity contribution < 1.29 is 29.9 Å². The summed E-state index contributed by atoms with van der Waals surface area (Å²) < 4.78 is 10.9. The number of aryl methyl sites for hydroxylation is 2. The minimum atomic E-state index is -0.113. The van der Waals surface area contributed by atoms with Crippen molar-refractivity contribution in [2.75, 3.05) is 14.2 Å². The maximum atomic E-state index is 11.1. The summed E-state index contributed by atoms with van der Waals surface area (Å²) in [4.78, 5) is 0. The molecule has 0 aliphatic carbocycles. The van der Waals surface area contributed by atoms with E-state index in [1.165, 1.54) is 14.2 Å². The Morgan fingerprint density at radius 3 is 1.27 bits per heavy atom. The van der Waals surface area contributed by atoms with Gasteiger partial charge >= 0.3 is 0 Å². The molecule has 6 heteroatoms. The average Bonchev–Trinajstić information content (AvgIpc) is 2.69. The normalized spacial score (nSPS) is 11.2. The lowest BCUT2D eigenvalue weighted by Crippen LogP contribution is -1.93. The Kier molecular flexibility index (Phi) is 4.50. The van der Waals surface area contributed by atoms with Crippen molar-refractivity contribution in [3.63, 3.8) is 0 Å². The summed E-state index contributed by atoms with van der Waals surface area (Å²) in [7, 11) is 2.94. The maximum Gasteiger partial charge on any atom is 0.131 e. The standard InChI is InChI=1S/C24H22O6/c1-11-5-15-21(17(25)7-11)19(29-3)9-13(23(15)27)14-10-20(30-4)22-16(24(14)28)6-12(2)8-18(22)26/h5-10,25-28H,1-4H3. The summed E-state index contributed by atoms with van der Waals surface area (Å²) in [6, 6.07) is 9.77. The van der Waals surface area contributed by atoms with Crippen molar-refractivity contribution in [1.29, 1.82) is 0 Å². The highest BCUT2D eigenvalue weighted by Crippen LogP contribution is 2.51. The smallest absolute Gasteiger partial charge is 0.131 e. The zero-order valence-corrected chi connectivity index (χ0v) is 17.1. The van der Waals surface area contributed by atoms with Crippen LogP contribution in [0.2, 0.25) is 0 Å². The molecule has 4 aromatic carbocycles. The molecule has 0 bridgehead atoms. The number of hydrogen-bond acceptors (Lipinski definition) is 6. The lowest BCUT2D eigenvalue weighted by Gasteiger charge is -2.18. The fourth-order valence-electron chi connectivity index (χ4n) is 3.99. The number of aromatic hydroxyl groups is 4. The predicted molar refractivity (Wildman–Crippen MR) is 116 cm³/mol. The summed E-state index contributed by atoms with van der Waals surface area (Å²) in [5, 5.41) is 44.5. The summed E-state index contributed by atoms with van der Waals surface area (Å²) in [6.45, 7) is 3.61. The number of ether oxygens (including phenoxy) is 2. The number of phenolic OH excluding ortho intramolecular Hbond substituents is 4. The molecule has 154 valence electrons. The fourth-order valence-corrected chi connectivity index (χ4v) is 3.99. The van der Waals surface area contributed by atoms with Gasteiger partial charge in [0.25, 0.3) is 0 Å². The van der Waals surface area contributed by atoms with Crippen LogP contribution in [-0.4, -0.2) is 34.6 Å². The molecule has 30 heavy (non-hydrogen) atoms. The van der Waals surface area contributed by atoms with E-state index in [1.54, 1.807) is 50.2 Å². The first-order valence-corrected chi connectivity index (χ1v) is 9.33. The second kappa shape index (κ2) is 6.91. The molecule has 0 amide bonds. The van der Waals surface area contributed by atoms with E-state index in [0.29, 0.717) is 44.2 Å². The van der Waals surface area contributed by atoms with E-state index in [2.05, 4.69) is 0 Å². The van der Waals surface area contributed by atoms with E-state index in [0.717, 1.165) is 11.1 Å². The van der Waals surface area contributed by atoms with Crippen LogP contribution >= 0.6 is 0 Å². The number of phenols is 4. The van der Waals surface area contributed by atoms with Crippen LogP contribution in [0.15, 0.2) is 36.4 Å². The van der Waals surface area contributed by atoms with E-state index >= 15 is 0 Å². The Hall–Kier alpha value is -3.80. The van der Waals surface area contributed by atoms with Crippen molar-refractivity contribution in [1.82, 2.24) is 0 Å². The Labute approximate surface area is 173 Å². The lowest BCUT2D eigenvalue weighted by atomic mass is 9.93. The second-order valence-corrected chi connectivity index (χ2v) is 7.36. The van der Waals surface area contributed by atoms with Crippen LogP contribution in [0.5, 0.6) is 34.5 Å². The molecule has 0 aromatic heterocycles. The van der Waals surface area contributed by atoms with Gasteiger partial charge in [0.05, 0.1) is 25.0 Å². The largest absolute Gasteiger partial charge is 0.507 e. The van der Waals surface area contributed by atoms with Gasteiger partial charge in [0, 0.05) is 21.9 Å².